The van der Waals surface area contributed by atoms with Crippen molar-refractivity contribution >= 4 is 10.1 Å². The Morgan fingerprint density at radius 2 is 1.84 bits per heavy atom. The Balaban J connectivity index is 2.17. The lowest BCUT2D eigenvalue weighted by atomic mass is 9.88. The number of hydrogen-bond acceptors (Lipinski definition) is 4. The van der Waals surface area contributed by atoms with Crippen molar-refractivity contribution < 1.29 is 12.6 Å². The van der Waals surface area contributed by atoms with Crippen molar-refractivity contribution in [2.45, 2.75) is 43.6 Å². The van der Waals surface area contributed by atoms with E-state index >= 15 is 0 Å². The number of rotatable bonds is 3. The van der Waals surface area contributed by atoms with E-state index in [0.29, 0.717) is 12.8 Å². The van der Waals surface area contributed by atoms with Crippen LogP contribution in [0.4, 0.5) is 0 Å². The van der Waals surface area contributed by atoms with E-state index in [-0.39, 0.29) is 10.8 Å². The molecule has 0 unspecified atom stereocenters. The molecule has 0 aliphatic heterocycles. The summed E-state index contributed by atoms with van der Waals surface area (Å²) in [4.78, 5) is 0.153. The molecule has 0 amide bonds. The zero-order valence-electron chi connectivity index (χ0n) is 10.9. The molecule has 4 nitrogen and oxygen atoms in total. The summed E-state index contributed by atoms with van der Waals surface area (Å²) in [7, 11) is -3.77. The molecule has 1 aromatic carbocycles. The van der Waals surface area contributed by atoms with Crippen molar-refractivity contribution in [1.29, 1.82) is 5.26 Å². The Hall–Kier alpha value is -1.38. The van der Waals surface area contributed by atoms with Gasteiger partial charge in [-0.3, -0.25) is 4.18 Å². The summed E-state index contributed by atoms with van der Waals surface area (Å²) in [5, 5.41) is 9.04. The smallest absolute Gasteiger partial charge is 0.262 e. The third-order valence-electron chi connectivity index (χ3n) is 3.43. The second-order valence-electron chi connectivity index (χ2n) is 4.92. The van der Waals surface area contributed by atoms with Crippen LogP contribution in [0.2, 0.25) is 0 Å². The summed E-state index contributed by atoms with van der Waals surface area (Å²) in [5.74, 6) is -0.325. The molecule has 2 rings (SSSR count). The maximum absolute atomic E-state index is 12.1. The van der Waals surface area contributed by atoms with E-state index in [9.17, 15) is 8.42 Å². The van der Waals surface area contributed by atoms with Gasteiger partial charge in [0.2, 0.25) is 0 Å². The SMILES string of the molecule is Cc1ccc(S(=O)(=O)O[C@@H]2CCCC[C@H]2C#N)cc1. The lowest BCUT2D eigenvalue weighted by Gasteiger charge is -2.26. The molecule has 0 radical (unpaired) electrons. The minimum absolute atomic E-state index is 0.153. The molecule has 1 saturated carbocycles. The standard InChI is InChI=1S/C14H17NO3S/c1-11-6-8-13(9-7-11)19(16,17)18-14-5-3-2-4-12(14)10-15/h6-9,12,14H,2-5H2,1H3/t12-,14+/m0/s1. The third kappa shape index (κ3) is 3.34. The topological polar surface area (TPSA) is 67.2 Å². The van der Waals surface area contributed by atoms with Gasteiger partial charge in [-0.1, -0.05) is 30.5 Å². The van der Waals surface area contributed by atoms with E-state index in [1.807, 2.05) is 6.92 Å². The summed E-state index contributed by atoms with van der Waals surface area (Å²) in [6.07, 6.45) is 2.70. The van der Waals surface area contributed by atoms with Gasteiger partial charge >= 0.3 is 0 Å². The number of aryl methyl sites for hydroxylation is 1. The number of nitrogens with zero attached hydrogens (tertiary/aromatic N) is 1. The normalized spacial score (nSPS) is 23.8. The van der Waals surface area contributed by atoms with Crippen molar-refractivity contribution in [2.75, 3.05) is 0 Å². The first-order chi connectivity index (χ1) is 9.03. The van der Waals surface area contributed by atoms with Crippen LogP contribution in [0.1, 0.15) is 31.2 Å². The molecule has 1 aliphatic carbocycles. The van der Waals surface area contributed by atoms with E-state index < -0.39 is 16.2 Å². The fraction of sp³-hybridized carbons (Fsp3) is 0.500. The number of benzene rings is 1. The molecular formula is C14H17NO3S. The first-order valence-electron chi connectivity index (χ1n) is 6.42. The Labute approximate surface area is 114 Å². The highest BCUT2D eigenvalue weighted by molar-refractivity contribution is 7.86. The molecule has 0 bridgehead atoms. The van der Waals surface area contributed by atoms with Gasteiger partial charge in [0.1, 0.15) is 0 Å². The average Bonchev–Trinajstić information content (AvgIpc) is 2.39. The molecule has 1 aliphatic rings. The van der Waals surface area contributed by atoms with Crippen molar-refractivity contribution in [2.24, 2.45) is 5.92 Å². The van der Waals surface area contributed by atoms with Gasteiger partial charge in [0.15, 0.2) is 0 Å². The Kier molecular flexibility index (Phi) is 4.23. The maximum atomic E-state index is 12.1. The highest BCUT2D eigenvalue weighted by Gasteiger charge is 2.30. The first kappa shape index (κ1) is 14.0. The van der Waals surface area contributed by atoms with Crippen LogP contribution in [0.3, 0.4) is 0 Å². The maximum Gasteiger partial charge on any atom is 0.297 e. The van der Waals surface area contributed by atoms with Gasteiger partial charge in [-0.2, -0.15) is 13.7 Å². The van der Waals surface area contributed by atoms with Crippen LogP contribution in [-0.2, 0) is 14.3 Å². The van der Waals surface area contributed by atoms with Crippen LogP contribution in [-0.4, -0.2) is 14.5 Å². The van der Waals surface area contributed by atoms with Gasteiger partial charge < -0.3 is 0 Å². The molecule has 0 aromatic heterocycles. The highest BCUT2D eigenvalue weighted by Crippen LogP contribution is 2.29. The number of nitriles is 1. The van der Waals surface area contributed by atoms with E-state index in [1.54, 1.807) is 12.1 Å². The molecule has 1 aromatic rings. The molecule has 5 heteroatoms. The average molecular weight is 279 g/mol. The van der Waals surface area contributed by atoms with Gasteiger partial charge in [0.05, 0.1) is 23.0 Å². The summed E-state index contributed by atoms with van der Waals surface area (Å²) in [5.41, 5.74) is 0.992. The molecule has 2 atom stereocenters. The van der Waals surface area contributed by atoms with E-state index in [2.05, 4.69) is 6.07 Å². The van der Waals surface area contributed by atoms with Crippen LogP contribution in [0.5, 0.6) is 0 Å². The molecule has 1 fully saturated rings. The summed E-state index contributed by atoms with van der Waals surface area (Å²) >= 11 is 0. The van der Waals surface area contributed by atoms with E-state index in [4.69, 9.17) is 9.44 Å². The fourth-order valence-electron chi connectivity index (χ4n) is 2.28. The zero-order chi connectivity index (χ0) is 13.9. The van der Waals surface area contributed by atoms with Crippen LogP contribution in [0.15, 0.2) is 29.2 Å². The quantitative estimate of drug-likeness (QED) is 0.798. The van der Waals surface area contributed by atoms with Crippen LogP contribution in [0.25, 0.3) is 0 Å². The van der Waals surface area contributed by atoms with Crippen molar-refractivity contribution in [1.82, 2.24) is 0 Å². The molecule has 0 N–H and O–H groups in total. The Morgan fingerprint density at radius 3 is 2.47 bits per heavy atom. The minimum atomic E-state index is -3.77. The molecule has 0 spiro atoms. The zero-order valence-corrected chi connectivity index (χ0v) is 11.7. The highest BCUT2D eigenvalue weighted by atomic mass is 32.2. The predicted octanol–water partition coefficient (Wildman–Crippen LogP) is 2.78. The van der Waals surface area contributed by atoms with Crippen molar-refractivity contribution in [3.05, 3.63) is 29.8 Å². The van der Waals surface area contributed by atoms with Crippen LogP contribution < -0.4 is 0 Å². The molecule has 19 heavy (non-hydrogen) atoms. The third-order valence-corrected chi connectivity index (χ3v) is 4.78. The van der Waals surface area contributed by atoms with Crippen molar-refractivity contribution in [3.8, 4) is 6.07 Å². The fourth-order valence-corrected chi connectivity index (χ4v) is 3.42. The van der Waals surface area contributed by atoms with Crippen LogP contribution in [0, 0.1) is 24.2 Å². The lowest BCUT2D eigenvalue weighted by Crippen LogP contribution is -2.29. The first-order valence-corrected chi connectivity index (χ1v) is 7.83. The lowest BCUT2D eigenvalue weighted by molar-refractivity contribution is 0.127. The minimum Gasteiger partial charge on any atom is -0.262 e. The molecular weight excluding hydrogens is 262 g/mol. The largest absolute Gasteiger partial charge is 0.297 e. The van der Waals surface area contributed by atoms with E-state index in [1.165, 1.54) is 12.1 Å². The van der Waals surface area contributed by atoms with E-state index in [0.717, 1.165) is 18.4 Å². The Bertz CT molecular complexity index is 572. The van der Waals surface area contributed by atoms with Crippen molar-refractivity contribution in [3.63, 3.8) is 0 Å². The van der Waals surface area contributed by atoms with Gasteiger partial charge in [0, 0.05) is 0 Å². The number of hydrogen-bond donors (Lipinski definition) is 0. The summed E-state index contributed by atoms with van der Waals surface area (Å²) < 4.78 is 29.5. The van der Waals surface area contributed by atoms with Gasteiger partial charge in [-0.15, -0.1) is 0 Å². The molecule has 102 valence electrons. The molecule has 0 heterocycles. The summed E-state index contributed by atoms with van der Waals surface area (Å²) in [6, 6.07) is 8.69. The second-order valence-corrected chi connectivity index (χ2v) is 6.49. The predicted molar refractivity (Wildman–Crippen MR) is 70.8 cm³/mol. The molecule has 0 saturated heterocycles. The van der Waals surface area contributed by atoms with Gasteiger partial charge in [-0.25, -0.2) is 0 Å². The monoisotopic (exact) mass is 279 g/mol. The second kappa shape index (κ2) is 5.72. The van der Waals surface area contributed by atoms with Crippen LogP contribution >= 0.6 is 0 Å². The Morgan fingerprint density at radius 1 is 1.21 bits per heavy atom. The van der Waals surface area contributed by atoms with Gasteiger partial charge in [0.25, 0.3) is 10.1 Å². The van der Waals surface area contributed by atoms with Gasteiger partial charge in [-0.05, 0) is 31.9 Å². The summed E-state index contributed by atoms with van der Waals surface area (Å²) in [6.45, 7) is 1.89.